The van der Waals surface area contributed by atoms with E-state index in [4.69, 9.17) is 0 Å². The van der Waals surface area contributed by atoms with E-state index in [1.165, 1.54) is 0 Å². The van der Waals surface area contributed by atoms with Crippen LogP contribution in [-0.2, 0) is 11.2 Å². The zero-order chi connectivity index (χ0) is 13.1. The maximum absolute atomic E-state index is 11.0. The van der Waals surface area contributed by atoms with Crippen LogP contribution in [0.4, 0.5) is 5.82 Å². The second-order valence-electron chi connectivity index (χ2n) is 4.45. The first-order chi connectivity index (χ1) is 8.58. The molecule has 1 aromatic heterocycles. The molecule has 1 amide bonds. The van der Waals surface area contributed by atoms with E-state index in [1.54, 1.807) is 6.92 Å². The van der Waals surface area contributed by atoms with Crippen molar-refractivity contribution in [1.29, 1.82) is 0 Å². The van der Waals surface area contributed by atoms with Gasteiger partial charge < -0.3 is 10.2 Å². The van der Waals surface area contributed by atoms with Gasteiger partial charge in [0.25, 0.3) is 0 Å². The molecule has 5 nitrogen and oxygen atoms in total. The van der Waals surface area contributed by atoms with Crippen molar-refractivity contribution in [3.63, 3.8) is 0 Å². The molecule has 1 aromatic rings. The summed E-state index contributed by atoms with van der Waals surface area (Å²) in [6.07, 6.45) is 1.78. The Morgan fingerprint density at radius 2 is 2.39 bits per heavy atom. The number of aryl methyl sites for hydroxylation is 1. The van der Waals surface area contributed by atoms with E-state index in [1.807, 2.05) is 13.0 Å². The molecular formula is C12H17BrN4O. The minimum absolute atomic E-state index is 0.0277. The molecule has 2 heterocycles. The summed E-state index contributed by atoms with van der Waals surface area (Å²) in [7, 11) is 0. The standard InChI is InChI=1S/C12H17BrN4O/c1-3-11-15-10(13)6-12(16-11)17-5-4-9(7-17)14-8(2)18/h6,9H,3-5,7H2,1-2H3,(H,14,18). The molecule has 1 unspecified atom stereocenters. The van der Waals surface area contributed by atoms with E-state index < -0.39 is 0 Å². The van der Waals surface area contributed by atoms with E-state index >= 15 is 0 Å². The fourth-order valence-electron chi connectivity index (χ4n) is 2.15. The van der Waals surface area contributed by atoms with Gasteiger partial charge in [0.2, 0.25) is 5.91 Å². The first-order valence-electron chi connectivity index (χ1n) is 6.14. The number of hydrogen-bond donors (Lipinski definition) is 1. The number of aromatic nitrogens is 2. The monoisotopic (exact) mass is 312 g/mol. The first kappa shape index (κ1) is 13.3. The Morgan fingerprint density at radius 3 is 3.06 bits per heavy atom. The van der Waals surface area contributed by atoms with Crippen LogP contribution in [0.15, 0.2) is 10.7 Å². The molecule has 6 heteroatoms. The van der Waals surface area contributed by atoms with Gasteiger partial charge in [0.1, 0.15) is 16.2 Å². The van der Waals surface area contributed by atoms with Crippen molar-refractivity contribution in [2.24, 2.45) is 0 Å². The third kappa shape index (κ3) is 3.19. The normalized spacial score (nSPS) is 19.1. The number of carbonyl (C=O) groups is 1. The Balaban J connectivity index is 2.09. The number of rotatable bonds is 3. The lowest BCUT2D eigenvalue weighted by Gasteiger charge is -2.18. The number of anilines is 1. The lowest BCUT2D eigenvalue weighted by atomic mass is 10.3. The van der Waals surface area contributed by atoms with E-state index in [-0.39, 0.29) is 11.9 Å². The van der Waals surface area contributed by atoms with E-state index in [0.717, 1.165) is 42.2 Å². The van der Waals surface area contributed by atoms with Crippen molar-refractivity contribution in [2.75, 3.05) is 18.0 Å². The van der Waals surface area contributed by atoms with Gasteiger partial charge in [-0.2, -0.15) is 0 Å². The molecule has 0 radical (unpaired) electrons. The number of halogens is 1. The molecule has 0 bridgehead atoms. The fourth-order valence-corrected chi connectivity index (χ4v) is 2.55. The van der Waals surface area contributed by atoms with Crippen LogP contribution in [-0.4, -0.2) is 35.0 Å². The smallest absolute Gasteiger partial charge is 0.217 e. The number of nitrogens with zero attached hydrogens (tertiary/aromatic N) is 3. The van der Waals surface area contributed by atoms with Crippen LogP contribution < -0.4 is 10.2 Å². The molecule has 1 fully saturated rings. The number of carbonyl (C=O) groups excluding carboxylic acids is 1. The third-order valence-electron chi connectivity index (χ3n) is 2.96. The van der Waals surface area contributed by atoms with Gasteiger partial charge in [0.15, 0.2) is 0 Å². The Labute approximate surface area is 115 Å². The Morgan fingerprint density at radius 1 is 1.61 bits per heavy atom. The summed E-state index contributed by atoms with van der Waals surface area (Å²) in [6, 6.07) is 2.15. The zero-order valence-electron chi connectivity index (χ0n) is 10.6. The largest absolute Gasteiger partial charge is 0.354 e. The van der Waals surface area contributed by atoms with Crippen LogP contribution >= 0.6 is 15.9 Å². The summed E-state index contributed by atoms with van der Waals surface area (Å²) in [5.41, 5.74) is 0. The molecule has 1 saturated heterocycles. The van der Waals surface area contributed by atoms with E-state index in [9.17, 15) is 4.79 Å². The Hall–Kier alpha value is -1.17. The van der Waals surface area contributed by atoms with Crippen LogP contribution in [0.5, 0.6) is 0 Å². The lowest BCUT2D eigenvalue weighted by molar-refractivity contribution is -0.119. The first-order valence-corrected chi connectivity index (χ1v) is 6.93. The van der Waals surface area contributed by atoms with Crippen molar-refractivity contribution in [1.82, 2.24) is 15.3 Å². The summed E-state index contributed by atoms with van der Waals surface area (Å²) >= 11 is 3.41. The molecule has 1 atom stereocenters. The topological polar surface area (TPSA) is 58.1 Å². The molecule has 1 aliphatic heterocycles. The average Bonchev–Trinajstić information content (AvgIpc) is 2.75. The molecule has 0 aliphatic carbocycles. The second-order valence-corrected chi connectivity index (χ2v) is 5.26. The maximum atomic E-state index is 11.0. The van der Waals surface area contributed by atoms with Crippen molar-refractivity contribution in [2.45, 2.75) is 32.7 Å². The van der Waals surface area contributed by atoms with Gasteiger partial charge in [-0.3, -0.25) is 4.79 Å². The van der Waals surface area contributed by atoms with Crippen LogP contribution in [0.2, 0.25) is 0 Å². The molecule has 2 rings (SSSR count). The molecular weight excluding hydrogens is 296 g/mol. The predicted octanol–water partition coefficient (Wildman–Crippen LogP) is 1.52. The highest BCUT2D eigenvalue weighted by molar-refractivity contribution is 9.10. The summed E-state index contributed by atoms with van der Waals surface area (Å²) in [5.74, 6) is 1.80. The number of amides is 1. The minimum Gasteiger partial charge on any atom is -0.354 e. The Bertz CT molecular complexity index is 452. The van der Waals surface area contributed by atoms with Crippen molar-refractivity contribution < 1.29 is 4.79 Å². The van der Waals surface area contributed by atoms with Gasteiger partial charge in [-0.15, -0.1) is 0 Å². The van der Waals surface area contributed by atoms with Crippen molar-refractivity contribution in [3.05, 3.63) is 16.5 Å². The van der Waals surface area contributed by atoms with Crippen LogP contribution in [0.25, 0.3) is 0 Å². The molecule has 1 N–H and O–H groups in total. The average molecular weight is 313 g/mol. The SMILES string of the molecule is CCc1nc(Br)cc(N2CCC(NC(C)=O)C2)n1. The van der Waals surface area contributed by atoms with Gasteiger partial charge in [0, 0.05) is 38.5 Å². The number of hydrogen-bond acceptors (Lipinski definition) is 4. The van der Waals surface area contributed by atoms with Gasteiger partial charge in [-0.1, -0.05) is 6.92 Å². The highest BCUT2D eigenvalue weighted by atomic mass is 79.9. The quantitative estimate of drug-likeness (QED) is 0.860. The fraction of sp³-hybridized carbons (Fsp3) is 0.583. The summed E-state index contributed by atoms with van der Waals surface area (Å²) < 4.78 is 0.812. The highest BCUT2D eigenvalue weighted by Crippen LogP contribution is 2.21. The molecule has 1 aliphatic rings. The third-order valence-corrected chi connectivity index (χ3v) is 3.37. The summed E-state index contributed by atoms with van der Waals surface area (Å²) in [4.78, 5) is 22.0. The molecule has 98 valence electrons. The molecule has 18 heavy (non-hydrogen) atoms. The molecule has 0 saturated carbocycles. The maximum Gasteiger partial charge on any atom is 0.217 e. The van der Waals surface area contributed by atoms with Crippen molar-refractivity contribution >= 4 is 27.7 Å². The summed E-state index contributed by atoms with van der Waals surface area (Å²) in [5, 5.41) is 2.95. The van der Waals surface area contributed by atoms with Crippen molar-refractivity contribution in [3.8, 4) is 0 Å². The van der Waals surface area contributed by atoms with Gasteiger partial charge in [0.05, 0.1) is 0 Å². The lowest BCUT2D eigenvalue weighted by Crippen LogP contribution is -2.35. The van der Waals surface area contributed by atoms with Crippen LogP contribution in [0.3, 0.4) is 0 Å². The van der Waals surface area contributed by atoms with E-state index in [0.29, 0.717) is 0 Å². The zero-order valence-corrected chi connectivity index (χ0v) is 12.2. The second kappa shape index (κ2) is 5.65. The predicted molar refractivity (Wildman–Crippen MR) is 73.5 cm³/mol. The minimum atomic E-state index is 0.0277. The molecule has 0 spiro atoms. The van der Waals surface area contributed by atoms with Gasteiger partial charge >= 0.3 is 0 Å². The Kier molecular flexibility index (Phi) is 4.16. The summed E-state index contributed by atoms with van der Waals surface area (Å²) in [6.45, 7) is 5.32. The molecule has 0 aromatic carbocycles. The van der Waals surface area contributed by atoms with Crippen LogP contribution in [0.1, 0.15) is 26.1 Å². The highest BCUT2D eigenvalue weighted by Gasteiger charge is 2.24. The van der Waals surface area contributed by atoms with E-state index in [2.05, 4.69) is 36.1 Å². The van der Waals surface area contributed by atoms with Crippen LogP contribution in [0, 0.1) is 0 Å². The van der Waals surface area contributed by atoms with Gasteiger partial charge in [-0.25, -0.2) is 9.97 Å². The number of nitrogens with one attached hydrogen (secondary N) is 1. The van der Waals surface area contributed by atoms with Gasteiger partial charge in [-0.05, 0) is 22.4 Å².